The lowest BCUT2D eigenvalue weighted by Crippen LogP contribution is -2.47. The maximum atomic E-state index is 12.5. The zero-order chi connectivity index (χ0) is 16.4. The standard InChI is InChI=1S/C17H24N2O3S/c1-18(15-5-3-2-4-6-15)16-7-10-19(11-8-16)17(20)14-9-12-23(21,22)13-14/h2-6,14,16H,7-13H2,1H3/t14-/m0/s1. The van der Waals surface area contributed by atoms with Crippen LogP contribution in [-0.4, -0.2) is 56.9 Å². The molecule has 1 atom stereocenters. The maximum absolute atomic E-state index is 12.5. The normalized spacial score (nSPS) is 24.6. The fourth-order valence-electron chi connectivity index (χ4n) is 3.60. The van der Waals surface area contributed by atoms with Crippen LogP contribution in [0.25, 0.3) is 0 Å². The number of sulfone groups is 1. The molecule has 0 unspecified atom stereocenters. The van der Waals surface area contributed by atoms with Crippen molar-refractivity contribution in [1.82, 2.24) is 4.90 Å². The number of nitrogens with zero attached hydrogens (tertiary/aromatic N) is 2. The molecule has 5 nitrogen and oxygen atoms in total. The summed E-state index contributed by atoms with van der Waals surface area (Å²) < 4.78 is 23.1. The summed E-state index contributed by atoms with van der Waals surface area (Å²) in [5, 5.41) is 0. The van der Waals surface area contributed by atoms with Crippen LogP contribution in [0.1, 0.15) is 19.3 Å². The third-order valence-electron chi connectivity index (χ3n) is 5.07. The lowest BCUT2D eigenvalue weighted by atomic mass is 10.00. The third kappa shape index (κ3) is 3.68. The zero-order valence-electron chi connectivity index (χ0n) is 13.5. The van der Waals surface area contributed by atoms with Crippen LogP contribution in [-0.2, 0) is 14.6 Å². The molecule has 1 aromatic carbocycles. The van der Waals surface area contributed by atoms with E-state index in [1.165, 1.54) is 5.69 Å². The molecule has 2 aliphatic heterocycles. The number of para-hydroxylation sites is 1. The number of likely N-dealkylation sites (tertiary alicyclic amines) is 1. The lowest BCUT2D eigenvalue weighted by Gasteiger charge is -2.38. The molecule has 0 saturated carbocycles. The van der Waals surface area contributed by atoms with E-state index in [1.807, 2.05) is 23.1 Å². The number of hydrogen-bond donors (Lipinski definition) is 0. The number of hydrogen-bond acceptors (Lipinski definition) is 4. The summed E-state index contributed by atoms with van der Waals surface area (Å²) >= 11 is 0. The molecule has 2 aliphatic rings. The van der Waals surface area contributed by atoms with Crippen LogP contribution in [0.2, 0.25) is 0 Å². The van der Waals surface area contributed by atoms with Crippen molar-refractivity contribution in [3.05, 3.63) is 30.3 Å². The van der Waals surface area contributed by atoms with E-state index in [0.29, 0.717) is 12.5 Å². The highest BCUT2D eigenvalue weighted by Gasteiger charge is 2.36. The number of carbonyl (C=O) groups excluding carboxylic acids is 1. The summed E-state index contributed by atoms with van der Waals surface area (Å²) in [4.78, 5) is 16.6. The van der Waals surface area contributed by atoms with Crippen LogP contribution in [0, 0.1) is 5.92 Å². The van der Waals surface area contributed by atoms with E-state index in [1.54, 1.807) is 0 Å². The van der Waals surface area contributed by atoms with E-state index in [4.69, 9.17) is 0 Å². The van der Waals surface area contributed by atoms with Crippen LogP contribution in [0.5, 0.6) is 0 Å². The van der Waals surface area contributed by atoms with Crippen LogP contribution in [0.4, 0.5) is 5.69 Å². The largest absolute Gasteiger partial charge is 0.371 e. The highest BCUT2D eigenvalue weighted by Crippen LogP contribution is 2.25. The number of amides is 1. The molecule has 2 fully saturated rings. The van der Waals surface area contributed by atoms with Crippen molar-refractivity contribution in [3.8, 4) is 0 Å². The summed E-state index contributed by atoms with van der Waals surface area (Å²) in [5.74, 6) is -0.0814. The van der Waals surface area contributed by atoms with E-state index < -0.39 is 9.84 Å². The van der Waals surface area contributed by atoms with Crippen molar-refractivity contribution in [2.75, 3.05) is 36.5 Å². The molecule has 1 amide bonds. The summed E-state index contributed by atoms with van der Waals surface area (Å²) in [6.07, 6.45) is 2.35. The Hall–Kier alpha value is -1.56. The summed E-state index contributed by atoms with van der Waals surface area (Å²) in [7, 11) is -0.897. The lowest BCUT2D eigenvalue weighted by molar-refractivity contribution is -0.135. The van der Waals surface area contributed by atoms with Crippen molar-refractivity contribution >= 4 is 21.4 Å². The molecule has 126 valence electrons. The fourth-order valence-corrected chi connectivity index (χ4v) is 5.33. The quantitative estimate of drug-likeness (QED) is 0.840. The first-order chi connectivity index (χ1) is 11.0. The molecule has 0 aromatic heterocycles. The molecule has 0 aliphatic carbocycles. The van der Waals surface area contributed by atoms with Gasteiger partial charge in [-0.2, -0.15) is 0 Å². The number of anilines is 1. The van der Waals surface area contributed by atoms with Gasteiger partial charge in [-0.25, -0.2) is 8.42 Å². The average Bonchev–Trinajstić information content (AvgIpc) is 2.94. The molecule has 1 aromatic rings. The molecule has 0 radical (unpaired) electrons. The van der Waals surface area contributed by atoms with Crippen LogP contribution < -0.4 is 4.90 Å². The van der Waals surface area contributed by atoms with E-state index >= 15 is 0 Å². The van der Waals surface area contributed by atoms with Gasteiger partial charge >= 0.3 is 0 Å². The predicted octanol–water partition coefficient (Wildman–Crippen LogP) is 1.55. The average molecular weight is 336 g/mol. The number of benzene rings is 1. The monoisotopic (exact) mass is 336 g/mol. The maximum Gasteiger partial charge on any atom is 0.226 e. The topological polar surface area (TPSA) is 57.7 Å². The Morgan fingerprint density at radius 1 is 1.13 bits per heavy atom. The molecule has 23 heavy (non-hydrogen) atoms. The molecule has 2 saturated heterocycles. The summed E-state index contributed by atoms with van der Waals surface area (Å²) in [6.45, 7) is 1.44. The Morgan fingerprint density at radius 2 is 1.78 bits per heavy atom. The van der Waals surface area contributed by atoms with Gasteiger partial charge in [-0.05, 0) is 31.4 Å². The minimum atomic E-state index is -3.00. The van der Waals surface area contributed by atoms with Crippen LogP contribution >= 0.6 is 0 Å². The molecular formula is C17H24N2O3S. The second kappa shape index (κ2) is 6.51. The van der Waals surface area contributed by atoms with Crippen LogP contribution in [0.15, 0.2) is 30.3 Å². The Morgan fingerprint density at radius 3 is 2.35 bits per heavy atom. The number of piperidine rings is 1. The van der Waals surface area contributed by atoms with E-state index in [2.05, 4.69) is 24.1 Å². The van der Waals surface area contributed by atoms with Gasteiger partial charge in [0.1, 0.15) is 0 Å². The fraction of sp³-hybridized carbons (Fsp3) is 0.588. The minimum Gasteiger partial charge on any atom is -0.371 e. The van der Waals surface area contributed by atoms with E-state index in [-0.39, 0.29) is 23.3 Å². The van der Waals surface area contributed by atoms with Gasteiger partial charge in [-0.15, -0.1) is 0 Å². The highest BCUT2D eigenvalue weighted by molar-refractivity contribution is 7.91. The van der Waals surface area contributed by atoms with Crippen molar-refractivity contribution in [1.29, 1.82) is 0 Å². The van der Waals surface area contributed by atoms with E-state index in [9.17, 15) is 13.2 Å². The molecule has 0 bridgehead atoms. The first-order valence-electron chi connectivity index (χ1n) is 8.23. The van der Waals surface area contributed by atoms with Crippen molar-refractivity contribution in [2.24, 2.45) is 5.92 Å². The first-order valence-corrected chi connectivity index (χ1v) is 10.1. The van der Waals surface area contributed by atoms with Gasteiger partial charge in [0.25, 0.3) is 0 Å². The van der Waals surface area contributed by atoms with Crippen molar-refractivity contribution in [3.63, 3.8) is 0 Å². The number of carbonyl (C=O) groups is 1. The summed E-state index contributed by atoms with van der Waals surface area (Å²) in [5.41, 5.74) is 1.19. The SMILES string of the molecule is CN(c1ccccc1)C1CCN(C(=O)[C@H]2CCS(=O)(=O)C2)CC1. The van der Waals surface area contributed by atoms with Gasteiger partial charge < -0.3 is 9.80 Å². The van der Waals surface area contributed by atoms with Crippen molar-refractivity contribution < 1.29 is 13.2 Å². The smallest absolute Gasteiger partial charge is 0.226 e. The Balaban J connectivity index is 1.55. The molecular weight excluding hydrogens is 312 g/mol. The van der Waals surface area contributed by atoms with E-state index in [0.717, 1.165) is 25.9 Å². The third-order valence-corrected chi connectivity index (χ3v) is 6.84. The van der Waals surface area contributed by atoms with Gasteiger partial charge in [0.15, 0.2) is 9.84 Å². The zero-order valence-corrected chi connectivity index (χ0v) is 14.3. The van der Waals surface area contributed by atoms with Crippen LogP contribution in [0.3, 0.4) is 0 Å². The highest BCUT2D eigenvalue weighted by atomic mass is 32.2. The molecule has 6 heteroatoms. The Kier molecular flexibility index (Phi) is 4.62. The van der Waals surface area contributed by atoms with Gasteiger partial charge in [-0.1, -0.05) is 18.2 Å². The summed E-state index contributed by atoms with van der Waals surface area (Å²) in [6, 6.07) is 10.7. The Bertz CT molecular complexity index is 652. The van der Waals surface area contributed by atoms with Crippen molar-refractivity contribution in [2.45, 2.75) is 25.3 Å². The first kappa shape index (κ1) is 16.3. The minimum absolute atomic E-state index is 0.0342. The second-order valence-corrected chi connectivity index (χ2v) is 8.83. The van der Waals surface area contributed by atoms with Gasteiger partial charge in [0.05, 0.1) is 17.4 Å². The van der Waals surface area contributed by atoms with Gasteiger partial charge in [0.2, 0.25) is 5.91 Å². The Labute approximate surface area is 138 Å². The van der Waals surface area contributed by atoms with Gasteiger partial charge in [-0.3, -0.25) is 4.79 Å². The molecule has 2 heterocycles. The second-order valence-electron chi connectivity index (χ2n) is 6.60. The molecule has 0 spiro atoms. The number of rotatable bonds is 3. The molecule has 0 N–H and O–H groups in total. The molecule has 3 rings (SSSR count). The predicted molar refractivity (Wildman–Crippen MR) is 91.2 cm³/mol. The van der Waals surface area contributed by atoms with Gasteiger partial charge in [0, 0.05) is 31.9 Å².